The number of rotatable bonds is 4. The summed E-state index contributed by atoms with van der Waals surface area (Å²) in [5.41, 5.74) is 5.90. The molecule has 3 N–H and O–H groups in total. The fourth-order valence-electron chi connectivity index (χ4n) is 2.32. The van der Waals surface area contributed by atoms with Crippen molar-refractivity contribution < 1.29 is 4.79 Å². The van der Waals surface area contributed by atoms with Gasteiger partial charge >= 0.3 is 0 Å². The summed E-state index contributed by atoms with van der Waals surface area (Å²) in [5, 5.41) is 3.70. The van der Waals surface area contributed by atoms with Crippen LogP contribution in [0.15, 0.2) is 0 Å². The van der Waals surface area contributed by atoms with Crippen LogP contribution in [0.5, 0.6) is 0 Å². The van der Waals surface area contributed by atoms with Crippen LogP contribution < -0.4 is 16.0 Å². The summed E-state index contributed by atoms with van der Waals surface area (Å²) in [4.78, 5) is 19.2. The predicted octanol–water partition coefficient (Wildman–Crippen LogP) is 2.25. The number of amides is 1. The Morgan fingerprint density at radius 3 is 2.76 bits per heavy atom. The van der Waals surface area contributed by atoms with E-state index in [9.17, 15) is 4.79 Å². The molecule has 0 bridgehead atoms. The Bertz CT molecular complexity index is 536. The molecule has 0 spiro atoms. The highest BCUT2D eigenvalue weighted by atomic mass is 32.1. The van der Waals surface area contributed by atoms with Crippen molar-refractivity contribution in [2.45, 2.75) is 39.0 Å². The van der Waals surface area contributed by atoms with Gasteiger partial charge in [0.15, 0.2) is 5.13 Å². The standard InChI is InChI=1S/C15H22N4OS/c1-2-3-6-9-17-14(20)12-13(16)18-15(21-12)19-10-7-4-5-8-11-19/h4-11,16H2,1H3,(H,17,20). The lowest BCUT2D eigenvalue weighted by Gasteiger charge is -2.18. The van der Waals surface area contributed by atoms with Gasteiger partial charge in [-0.1, -0.05) is 24.2 Å². The number of nitrogens with zero attached hydrogens (tertiary/aromatic N) is 2. The molecular weight excluding hydrogens is 284 g/mol. The molecule has 21 heavy (non-hydrogen) atoms. The topological polar surface area (TPSA) is 71.2 Å². The monoisotopic (exact) mass is 306 g/mol. The molecule has 1 fully saturated rings. The summed E-state index contributed by atoms with van der Waals surface area (Å²) in [6.45, 7) is 4.33. The second-order valence-corrected chi connectivity index (χ2v) is 6.02. The summed E-state index contributed by atoms with van der Waals surface area (Å²) in [6, 6.07) is 0. The Morgan fingerprint density at radius 2 is 2.10 bits per heavy atom. The minimum Gasteiger partial charge on any atom is -0.382 e. The number of aromatic nitrogens is 1. The quantitative estimate of drug-likeness (QED) is 0.661. The van der Waals surface area contributed by atoms with Gasteiger partial charge in [-0.25, -0.2) is 4.98 Å². The third kappa shape index (κ3) is 4.36. The van der Waals surface area contributed by atoms with E-state index in [0.29, 0.717) is 23.7 Å². The van der Waals surface area contributed by atoms with E-state index in [1.54, 1.807) is 6.92 Å². The number of hydrogen-bond acceptors (Lipinski definition) is 5. The minimum atomic E-state index is -0.149. The van der Waals surface area contributed by atoms with Crippen LogP contribution in [0.25, 0.3) is 0 Å². The van der Waals surface area contributed by atoms with Gasteiger partial charge in [0.25, 0.3) is 5.91 Å². The van der Waals surface area contributed by atoms with Gasteiger partial charge in [-0.2, -0.15) is 0 Å². The van der Waals surface area contributed by atoms with Gasteiger partial charge in [0.1, 0.15) is 10.7 Å². The molecular formula is C15H22N4OS. The van der Waals surface area contributed by atoms with Crippen LogP contribution in [0, 0.1) is 11.8 Å². The van der Waals surface area contributed by atoms with Crippen LogP contribution in [0.4, 0.5) is 10.9 Å². The molecule has 0 saturated carbocycles. The average Bonchev–Trinajstić information content (AvgIpc) is 2.70. The lowest BCUT2D eigenvalue weighted by molar-refractivity contribution is 0.0959. The number of carbonyl (C=O) groups is 1. The van der Waals surface area contributed by atoms with E-state index in [1.165, 1.54) is 37.0 Å². The number of carbonyl (C=O) groups excluding carboxylic acids is 1. The third-order valence-corrected chi connectivity index (χ3v) is 4.57. The summed E-state index contributed by atoms with van der Waals surface area (Å²) in [7, 11) is 0. The fraction of sp³-hybridized carbons (Fsp3) is 0.600. The first-order valence-corrected chi connectivity index (χ1v) is 8.23. The van der Waals surface area contributed by atoms with Crippen molar-refractivity contribution in [3.8, 4) is 11.8 Å². The third-order valence-electron chi connectivity index (χ3n) is 3.44. The Hall–Kier alpha value is -1.74. The molecule has 2 rings (SSSR count). The van der Waals surface area contributed by atoms with Crippen molar-refractivity contribution in [2.24, 2.45) is 0 Å². The van der Waals surface area contributed by atoms with E-state index in [4.69, 9.17) is 5.73 Å². The molecule has 6 heteroatoms. The second-order valence-electron chi connectivity index (χ2n) is 5.04. The second kappa shape index (κ2) is 7.89. The van der Waals surface area contributed by atoms with Gasteiger partial charge in [-0.15, -0.1) is 11.8 Å². The highest BCUT2D eigenvalue weighted by Crippen LogP contribution is 2.29. The van der Waals surface area contributed by atoms with E-state index in [2.05, 4.69) is 27.0 Å². The largest absolute Gasteiger partial charge is 0.382 e. The summed E-state index contributed by atoms with van der Waals surface area (Å²) < 4.78 is 0. The molecule has 0 atom stereocenters. The number of nitrogens with two attached hydrogens (primary N) is 1. The first-order chi connectivity index (χ1) is 10.2. The van der Waals surface area contributed by atoms with Crippen LogP contribution in [-0.4, -0.2) is 30.5 Å². The Labute approximate surface area is 129 Å². The first kappa shape index (κ1) is 15.6. The van der Waals surface area contributed by atoms with Gasteiger partial charge in [0, 0.05) is 26.1 Å². The van der Waals surface area contributed by atoms with Crippen molar-refractivity contribution in [2.75, 3.05) is 30.3 Å². The fourth-order valence-corrected chi connectivity index (χ4v) is 3.28. The lowest BCUT2D eigenvalue weighted by atomic mass is 10.2. The molecule has 0 radical (unpaired) electrons. The predicted molar refractivity (Wildman–Crippen MR) is 87.6 cm³/mol. The normalized spacial score (nSPS) is 15.0. The van der Waals surface area contributed by atoms with E-state index in [1.807, 2.05) is 0 Å². The number of nitrogen functional groups attached to an aromatic ring is 1. The first-order valence-electron chi connectivity index (χ1n) is 7.41. The highest BCUT2D eigenvalue weighted by Gasteiger charge is 2.20. The molecule has 0 unspecified atom stereocenters. The molecule has 1 aliphatic rings. The van der Waals surface area contributed by atoms with E-state index >= 15 is 0 Å². The molecule has 1 saturated heterocycles. The maximum Gasteiger partial charge on any atom is 0.265 e. The zero-order valence-electron chi connectivity index (χ0n) is 12.4. The van der Waals surface area contributed by atoms with Crippen LogP contribution >= 0.6 is 11.3 Å². The molecule has 1 amide bonds. The Morgan fingerprint density at radius 1 is 1.38 bits per heavy atom. The van der Waals surface area contributed by atoms with E-state index in [0.717, 1.165) is 18.2 Å². The Kier molecular flexibility index (Phi) is 5.88. The molecule has 114 valence electrons. The highest BCUT2D eigenvalue weighted by molar-refractivity contribution is 7.18. The summed E-state index contributed by atoms with van der Waals surface area (Å²) in [5.74, 6) is 5.90. The zero-order valence-corrected chi connectivity index (χ0v) is 13.3. The van der Waals surface area contributed by atoms with Gasteiger partial charge in [-0.05, 0) is 19.8 Å². The van der Waals surface area contributed by atoms with Gasteiger partial charge in [0.2, 0.25) is 0 Å². The minimum absolute atomic E-state index is 0.149. The molecule has 1 aromatic heterocycles. The van der Waals surface area contributed by atoms with Crippen LogP contribution in [0.1, 0.15) is 48.7 Å². The number of thiazole rings is 1. The summed E-state index contributed by atoms with van der Waals surface area (Å²) in [6.07, 6.45) is 5.54. The number of anilines is 2. The average molecular weight is 306 g/mol. The van der Waals surface area contributed by atoms with E-state index in [-0.39, 0.29) is 5.91 Å². The van der Waals surface area contributed by atoms with E-state index < -0.39 is 0 Å². The molecule has 2 heterocycles. The van der Waals surface area contributed by atoms with Crippen molar-refractivity contribution in [1.29, 1.82) is 0 Å². The Balaban J connectivity index is 2.00. The van der Waals surface area contributed by atoms with Crippen molar-refractivity contribution in [3.05, 3.63) is 4.88 Å². The summed E-state index contributed by atoms with van der Waals surface area (Å²) >= 11 is 1.39. The van der Waals surface area contributed by atoms with Crippen molar-refractivity contribution in [1.82, 2.24) is 10.3 Å². The molecule has 1 aliphatic heterocycles. The molecule has 1 aromatic rings. The number of hydrogen-bond donors (Lipinski definition) is 2. The maximum absolute atomic E-state index is 12.1. The van der Waals surface area contributed by atoms with Crippen molar-refractivity contribution >= 4 is 28.2 Å². The zero-order chi connectivity index (χ0) is 15.1. The van der Waals surface area contributed by atoms with Crippen LogP contribution in [0.2, 0.25) is 0 Å². The van der Waals surface area contributed by atoms with Crippen LogP contribution in [0.3, 0.4) is 0 Å². The van der Waals surface area contributed by atoms with Crippen LogP contribution in [-0.2, 0) is 0 Å². The molecule has 0 aliphatic carbocycles. The molecule has 0 aromatic carbocycles. The lowest BCUT2D eigenvalue weighted by Crippen LogP contribution is -2.24. The maximum atomic E-state index is 12.1. The van der Waals surface area contributed by atoms with Gasteiger partial charge in [-0.3, -0.25) is 4.79 Å². The van der Waals surface area contributed by atoms with Crippen molar-refractivity contribution in [3.63, 3.8) is 0 Å². The van der Waals surface area contributed by atoms with Gasteiger partial charge in [0.05, 0.1) is 0 Å². The molecule has 5 nitrogen and oxygen atoms in total. The smallest absolute Gasteiger partial charge is 0.265 e. The SMILES string of the molecule is CC#CCCNC(=O)c1sc(N2CCCCCC2)nc1N. The number of nitrogens with one attached hydrogen (secondary N) is 1. The van der Waals surface area contributed by atoms with Gasteiger partial charge < -0.3 is 16.0 Å².